The van der Waals surface area contributed by atoms with Gasteiger partial charge in [0, 0.05) is 6.54 Å². The summed E-state index contributed by atoms with van der Waals surface area (Å²) in [6.07, 6.45) is 8.86. The first-order chi connectivity index (χ1) is 18.2. The maximum Gasteiger partial charge on any atom is 0.161 e. The van der Waals surface area contributed by atoms with Crippen LogP contribution in [-0.2, 0) is 13.2 Å². The van der Waals surface area contributed by atoms with Crippen molar-refractivity contribution in [1.82, 2.24) is 9.55 Å². The molecule has 1 aromatic heterocycles. The lowest BCUT2D eigenvalue weighted by atomic mass is 10.2. The highest BCUT2D eigenvalue weighted by molar-refractivity contribution is 5.75. The molecule has 0 atom stereocenters. The second-order valence-corrected chi connectivity index (χ2v) is 8.48. The average molecular weight is 499 g/mol. The molecule has 6 nitrogen and oxygen atoms in total. The molecule has 0 aliphatic carbocycles. The zero-order valence-corrected chi connectivity index (χ0v) is 21.9. The minimum atomic E-state index is 0.328. The second kappa shape index (κ2) is 12.7. The van der Waals surface area contributed by atoms with E-state index in [0.717, 1.165) is 52.4 Å². The van der Waals surface area contributed by atoms with Gasteiger partial charge in [-0.1, -0.05) is 48.6 Å². The number of aryl methyl sites for hydroxylation is 1. The molecule has 0 aliphatic rings. The van der Waals surface area contributed by atoms with Gasteiger partial charge in [0.15, 0.2) is 23.0 Å². The van der Waals surface area contributed by atoms with Crippen LogP contribution in [-0.4, -0.2) is 30.4 Å². The molecule has 0 spiro atoms. The number of hydrogen-bond donors (Lipinski definition) is 0. The number of rotatable bonds is 12. The number of methoxy groups -OCH3 is 2. The molecule has 0 aliphatic heterocycles. The lowest BCUT2D eigenvalue weighted by molar-refractivity contribution is 0.264. The van der Waals surface area contributed by atoms with Crippen molar-refractivity contribution in [1.29, 1.82) is 0 Å². The van der Waals surface area contributed by atoms with Gasteiger partial charge < -0.3 is 23.5 Å². The zero-order valence-electron chi connectivity index (χ0n) is 21.9. The molecular weight excluding hydrogens is 464 g/mol. The van der Waals surface area contributed by atoms with Crippen LogP contribution in [0, 0.1) is 0 Å². The van der Waals surface area contributed by atoms with Crippen LogP contribution >= 0.6 is 0 Å². The molecule has 0 unspecified atom stereocenters. The quantitative estimate of drug-likeness (QED) is 0.194. The molecule has 3 aromatic carbocycles. The van der Waals surface area contributed by atoms with Crippen molar-refractivity contribution < 1.29 is 18.9 Å². The van der Waals surface area contributed by atoms with Crippen molar-refractivity contribution >= 4 is 23.2 Å². The first kappa shape index (κ1) is 25.9. The molecule has 0 saturated carbocycles. The Morgan fingerprint density at radius 1 is 0.757 bits per heavy atom. The average Bonchev–Trinajstić information content (AvgIpc) is 3.28. The van der Waals surface area contributed by atoms with Crippen molar-refractivity contribution in [3.05, 3.63) is 89.8 Å². The van der Waals surface area contributed by atoms with E-state index in [-0.39, 0.29) is 0 Å². The molecule has 0 saturated heterocycles. The third-order valence-electron chi connectivity index (χ3n) is 5.97. The lowest BCUT2D eigenvalue weighted by Gasteiger charge is -2.14. The fourth-order valence-corrected chi connectivity index (χ4v) is 4.23. The van der Waals surface area contributed by atoms with E-state index in [9.17, 15) is 0 Å². The van der Waals surface area contributed by atoms with Crippen LogP contribution in [0.2, 0.25) is 0 Å². The third kappa shape index (κ3) is 6.33. The first-order valence-electron chi connectivity index (χ1n) is 12.5. The Hall–Kier alpha value is -4.19. The van der Waals surface area contributed by atoms with Crippen LogP contribution in [0.1, 0.15) is 37.2 Å². The Kier molecular flexibility index (Phi) is 8.87. The minimum Gasteiger partial charge on any atom is -0.493 e. The molecule has 0 fully saturated rings. The molecule has 0 radical (unpaired) electrons. The summed E-state index contributed by atoms with van der Waals surface area (Å²) >= 11 is 0. The Balaban J connectivity index is 1.46. The highest BCUT2D eigenvalue weighted by Gasteiger charge is 2.13. The smallest absolute Gasteiger partial charge is 0.161 e. The van der Waals surface area contributed by atoms with Crippen LogP contribution < -0.4 is 18.9 Å². The number of benzene rings is 3. The summed E-state index contributed by atoms with van der Waals surface area (Å²) in [6, 6.07) is 20.0. The molecule has 192 valence electrons. The SMILES string of the molecule is C/C=C\c1ccc(OCc2nc3ccccc3n2CCCOc2ccc(/C=C/C)cc2OC)c(OC)c1. The molecule has 4 rings (SSSR count). The van der Waals surface area contributed by atoms with Crippen molar-refractivity contribution in [2.24, 2.45) is 0 Å². The van der Waals surface area contributed by atoms with Crippen LogP contribution in [0.4, 0.5) is 0 Å². The van der Waals surface area contributed by atoms with Crippen molar-refractivity contribution in [3.8, 4) is 23.0 Å². The van der Waals surface area contributed by atoms with Gasteiger partial charge in [-0.2, -0.15) is 0 Å². The van der Waals surface area contributed by atoms with E-state index in [1.165, 1.54) is 0 Å². The minimum absolute atomic E-state index is 0.328. The van der Waals surface area contributed by atoms with Gasteiger partial charge >= 0.3 is 0 Å². The van der Waals surface area contributed by atoms with Crippen molar-refractivity contribution in [2.45, 2.75) is 33.4 Å². The highest BCUT2D eigenvalue weighted by atomic mass is 16.5. The summed E-state index contributed by atoms with van der Waals surface area (Å²) in [5.41, 5.74) is 4.16. The number of aromatic nitrogens is 2. The van der Waals surface area contributed by atoms with Crippen LogP contribution in [0.25, 0.3) is 23.2 Å². The molecule has 37 heavy (non-hydrogen) atoms. The van der Waals surface area contributed by atoms with E-state index in [1.807, 2.05) is 92.7 Å². The largest absolute Gasteiger partial charge is 0.493 e. The fourth-order valence-electron chi connectivity index (χ4n) is 4.23. The first-order valence-corrected chi connectivity index (χ1v) is 12.5. The molecule has 0 bridgehead atoms. The van der Waals surface area contributed by atoms with Gasteiger partial charge in [0.25, 0.3) is 0 Å². The van der Waals surface area contributed by atoms with E-state index in [0.29, 0.717) is 24.7 Å². The van der Waals surface area contributed by atoms with Crippen molar-refractivity contribution in [3.63, 3.8) is 0 Å². The molecular formula is C31H34N2O4. The van der Waals surface area contributed by atoms with Crippen LogP contribution in [0.3, 0.4) is 0 Å². The van der Waals surface area contributed by atoms with Gasteiger partial charge in [-0.15, -0.1) is 0 Å². The van der Waals surface area contributed by atoms with Gasteiger partial charge in [0.2, 0.25) is 0 Å². The molecule has 1 heterocycles. The van der Waals surface area contributed by atoms with Gasteiger partial charge in [0.1, 0.15) is 12.4 Å². The second-order valence-electron chi connectivity index (χ2n) is 8.48. The maximum absolute atomic E-state index is 6.17. The maximum atomic E-state index is 6.17. The Morgan fingerprint density at radius 2 is 1.38 bits per heavy atom. The monoisotopic (exact) mass is 498 g/mol. The highest BCUT2D eigenvalue weighted by Crippen LogP contribution is 2.30. The van der Waals surface area contributed by atoms with Crippen LogP contribution in [0.15, 0.2) is 72.8 Å². The standard InChI is InChI=1S/C31H34N2O4/c1-5-10-23-14-16-27(29(20-23)34-3)36-19-9-18-33-26-13-8-7-12-25(26)32-31(33)22-37-28-17-15-24(11-6-2)21-30(28)35-4/h5-8,10-17,20-21H,9,18-19,22H2,1-4H3/b10-5+,11-6-. The predicted octanol–water partition coefficient (Wildman–Crippen LogP) is 7.17. The van der Waals surface area contributed by atoms with Gasteiger partial charge in [-0.3, -0.25) is 0 Å². The van der Waals surface area contributed by atoms with E-state index in [4.69, 9.17) is 23.9 Å². The molecule has 0 N–H and O–H groups in total. The van der Waals surface area contributed by atoms with Crippen LogP contribution in [0.5, 0.6) is 23.0 Å². The summed E-state index contributed by atoms with van der Waals surface area (Å²) in [4.78, 5) is 4.84. The summed E-state index contributed by atoms with van der Waals surface area (Å²) in [5.74, 6) is 3.71. The van der Waals surface area contributed by atoms with E-state index in [2.05, 4.69) is 10.6 Å². The Morgan fingerprint density at radius 3 is 2.00 bits per heavy atom. The van der Waals surface area contributed by atoms with E-state index in [1.54, 1.807) is 14.2 Å². The number of nitrogens with zero attached hydrogens (tertiary/aromatic N) is 2. The fraction of sp³-hybridized carbons (Fsp3) is 0.258. The summed E-state index contributed by atoms with van der Waals surface area (Å²) < 4.78 is 25.5. The number of fused-ring (bicyclic) bond motifs is 1. The van der Waals surface area contributed by atoms with Gasteiger partial charge in [-0.05, 0) is 67.8 Å². The zero-order chi connectivity index (χ0) is 26.0. The normalized spacial score (nSPS) is 11.5. The molecule has 4 aromatic rings. The third-order valence-corrected chi connectivity index (χ3v) is 5.97. The number of imidazole rings is 1. The van der Waals surface area contributed by atoms with E-state index >= 15 is 0 Å². The number of allylic oxidation sites excluding steroid dienone is 2. The number of ether oxygens (including phenoxy) is 4. The predicted molar refractivity (Wildman–Crippen MR) is 150 cm³/mol. The number of para-hydroxylation sites is 2. The summed E-state index contributed by atoms with van der Waals surface area (Å²) in [6.45, 7) is 5.61. The van der Waals surface area contributed by atoms with E-state index < -0.39 is 0 Å². The molecule has 0 amide bonds. The van der Waals surface area contributed by atoms with Gasteiger partial charge in [-0.25, -0.2) is 4.98 Å². The Bertz CT molecular complexity index is 1390. The van der Waals surface area contributed by atoms with Crippen molar-refractivity contribution in [2.75, 3.05) is 20.8 Å². The summed E-state index contributed by atoms with van der Waals surface area (Å²) in [5, 5.41) is 0. The summed E-state index contributed by atoms with van der Waals surface area (Å²) in [7, 11) is 3.31. The molecule has 6 heteroatoms. The Labute approximate surface area is 218 Å². The topological polar surface area (TPSA) is 54.7 Å². The van der Waals surface area contributed by atoms with Gasteiger partial charge in [0.05, 0.1) is 31.9 Å². The number of hydrogen-bond acceptors (Lipinski definition) is 5. The lowest BCUT2D eigenvalue weighted by Crippen LogP contribution is -2.10.